The zero-order valence-corrected chi connectivity index (χ0v) is 18.5. The van der Waals surface area contributed by atoms with Gasteiger partial charge in [0.25, 0.3) is 0 Å². The highest BCUT2D eigenvalue weighted by Gasteiger charge is 2.22. The van der Waals surface area contributed by atoms with Gasteiger partial charge in [0.1, 0.15) is 17.2 Å². The predicted octanol–water partition coefficient (Wildman–Crippen LogP) is 5.07. The number of rotatable bonds is 6. The van der Waals surface area contributed by atoms with Gasteiger partial charge in [0.05, 0.1) is 17.3 Å². The van der Waals surface area contributed by atoms with E-state index in [1.54, 1.807) is 18.3 Å². The molecule has 2 aromatic carbocycles. The van der Waals surface area contributed by atoms with Crippen LogP contribution in [0, 0.1) is 11.7 Å². The lowest BCUT2D eigenvalue weighted by molar-refractivity contribution is 0.490. The maximum absolute atomic E-state index is 14.2. The smallest absolute Gasteiger partial charge is 0.225 e. The van der Waals surface area contributed by atoms with Crippen LogP contribution in [-0.4, -0.2) is 32.6 Å². The molecule has 6 nitrogen and oxygen atoms in total. The second-order valence-corrected chi connectivity index (χ2v) is 8.58. The van der Waals surface area contributed by atoms with Crippen molar-refractivity contribution in [3.63, 3.8) is 0 Å². The van der Waals surface area contributed by atoms with E-state index in [0.717, 1.165) is 43.1 Å². The lowest BCUT2D eigenvalue weighted by Gasteiger charge is -2.16. The molecule has 0 amide bonds. The fraction of sp³-hybridized carbons (Fsp3) is 0.292. The minimum atomic E-state index is -0.285. The topological polar surface area (TPSA) is 67.7 Å². The Morgan fingerprint density at radius 1 is 1.19 bits per heavy atom. The second kappa shape index (κ2) is 8.84. The van der Waals surface area contributed by atoms with E-state index < -0.39 is 0 Å². The first-order valence-electron chi connectivity index (χ1n) is 10.8. The molecule has 2 aromatic heterocycles. The van der Waals surface area contributed by atoms with Crippen molar-refractivity contribution in [2.45, 2.75) is 25.9 Å². The summed E-state index contributed by atoms with van der Waals surface area (Å²) in [5.74, 6) is 1.45. The van der Waals surface area contributed by atoms with Crippen LogP contribution in [0.2, 0.25) is 5.02 Å². The number of halogens is 2. The van der Waals surface area contributed by atoms with Crippen molar-refractivity contribution < 1.29 is 4.39 Å². The number of aromatic nitrogens is 4. The van der Waals surface area contributed by atoms with Gasteiger partial charge < -0.3 is 15.2 Å². The lowest BCUT2D eigenvalue weighted by atomic mass is 10.1. The number of nitrogens with zero attached hydrogens (tertiary/aromatic N) is 4. The molecule has 8 heteroatoms. The van der Waals surface area contributed by atoms with Crippen LogP contribution in [0.5, 0.6) is 0 Å². The molecule has 3 heterocycles. The van der Waals surface area contributed by atoms with Crippen molar-refractivity contribution in [1.29, 1.82) is 0 Å². The van der Waals surface area contributed by atoms with Gasteiger partial charge in [-0.15, -0.1) is 0 Å². The SMILES string of the molecule is C[C@H](Nc1ncc2nc(-c3ccccc3Cl)n(CC3CCNC3)c2n1)c1ccccc1F. The first kappa shape index (κ1) is 20.8. The molecule has 0 radical (unpaired) electrons. The number of fused-ring (bicyclic) bond motifs is 1. The normalized spacial score (nSPS) is 17.0. The zero-order chi connectivity index (χ0) is 22.1. The first-order chi connectivity index (χ1) is 15.6. The standard InChI is InChI=1S/C24H24ClFN6/c1-15(17-6-3-5-9-20(17)26)29-24-28-13-21-23(31-24)32(14-16-10-11-27-12-16)22(30-21)18-7-2-4-8-19(18)25/h2-9,13,15-16,27H,10-12,14H2,1H3,(H,28,29,31)/t15-,16?/m0/s1. The average Bonchev–Trinajstić information content (AvgIpc) is 3.43. The number of hydrogen-bond acceptors (Lipinski definition) is 5. The average molecular weight is 451 g/mol. The third kappa shape index (κ3) is 4.06. The van der Waals surface area contributed by atoms with E-state index in [1.165, 1.54) is 6.07 Å². The van der Waals surface area contributed by atoms with Crippen LogP contribution in [-0.2, 0) is 6.54 Å². The highest BCUT2D eigenvalue weighted by atomic mass is 35.5. The van der Waals surface area contributed by atoms with E-state index in [2.05, 4.69) is 20.2 Å². The van der Waals surface area contributed by atoms with Gasteiger partial charge in [-0.25, -0.2) is 14.4 Å². The Labute approximate surface area is 190 Å². The van der Waals surface area contributed by atoms with Crippen LogP contribution in [0.15, 0.2) is 54.7 Å². The van der Waals surface area contributed by atoms with Crippen LogP contribution in [0.25, 0.3) is 22.6 Å². The molecule has 1 aliphatic rings. The Bertz CT molecular complexity index is 1250. The summed E-state index contributed by atoms with van der Waals surface area (Å²) in [6, 6.07) is 14.1. The van der Waals surface area contributed by atoms with Crippen molar-refractivity contribution in [3.8, 4) is 11.4 Å². The summed E-state index contributed by atoms with van der Waals surface area (Å²) in [4.78, 5) is 14.0. The fourth-order valence-electron chi connectivity index (χ4n) is 4.24. The second-order valence-electron chi connectivity index (χ2n) is 8.17. The van der Waals surface area contributed by atoms with E-state index in [0.29, 0.717) is 28.0 Å². The number of nitrogens with one attached hydrogen (secondary N) is 2. The molecule has 1 fully saturated rings. The summed E-state index contributed by atoms with van der Waals surface area (Å²) in [5.41, 5.74) is 2.88. The molecule has 2 atom stereocenters. The third-order valence-electron chi connectivity index (χ3n) is 5.92. The molecular formula is C24H24ClFN6. The Kier molecular flexibility index (Phi) is 5.76. The molecule has 4 aromatic rings. The Hall–Kier alpha value is -3.03. The van der Waals surface area contributed by atoms with Gasteiger partial charge in [-0.2, -0.15) is 4.98 Å². The van der Waals surface area contributed by atoms with Crippen LogP contribution < -0.4 is 10.6 Å². The third-order valence-corrected chi connectivity index (χ3v) is 6.25. The number of anilines is 1. The van der Waals surface area contributed by atoms with Crippen LogP contribution >= 0.6 is 11.6 Å². The maximum atomic E-state index is 14.2. The van der Waals surface area contributed by atoms with Gasteiger partial charge in [0, 0.05) is 17.7 Å². The van der Waals surface area contributed by atoms with Gasteiger partial charge in [0.2, 0.25) is 5.95 Å². The Balaban J connectivity index is 1.55. The quantitative estimate of drug-likeness (QED) is 0.429. The molecule has 1 aliphatic heterocycles. The van der Waals surface area contributed by atoms with Gasteiger partial charge >= 0.3 is 0 Å². The molecule has 32 heavy (non-hydrogen) atoms. The van der Waals surface area contributed by atoms with E-state index in [-0.39, 0.29) is 11.9 Å². The molecule has 164 valence electrons. The van der Waals surface area contributed by atoms with Gasteiger partial charge in [-0.3, -0.25) is 0 Å². The molecule has 0 aliphatic carbocycles. The van der Waals surface area contributed by atoms with Crippen molar-refractivity contribution in [2.75, 3.05) is 18.4 Å². The maximum Gasteiger partial charge on any atom is 0.225 e. The molecule has 1 unspecified atom stereocenters. The fourth-order valence-corrected chi connectivity index (χ4v) is 4.46. The molecular weight excluding hydrogens is 427 g/mol. The van der Waals surface area contributed by atoms with Crippen LogP contribution in [0.1, 0.15) is 24.9 Å². The summed E-state index contributed by atoms with van der Waals surface area (Å²) in [7, 11) is 0. The molecule has 0 saturated carbocycles. The van der Waals surface area contributed by atoms with Gasteiger partial charge in [0.15, 0.2) is 5.65 Å². The van der Waals surface area contributed by atoms with Gasteiger partial charge in [-0.05, 0) is 50.6 Å². The zero-order valence-electron chi connectivity index (χ0n) is 17.7. The van der Waals surface area contributed by atoms with Crippen molar-refractivity contribution in [3.05, 3.63) is 71.1 Å². The molecule has 0 spiro atoms. The Morgan fingerprint density at radius 2 is 2.00 bits per heavy atom. The minimum absolute atomic E-state index is 0.256. The first-order valence-corrected chi connectivity index (χ1v) is 11.2. The molecule has 0 bridgehead atoms. The van der Waals surface area contributed by atoms with E-state index >= 15 is 0 Å². The summed E-state index contributed by atoms with van der Waals surface area (Å²) in [6.07, 6.45) is 2.81. The highest BCUT2D eigenvalue weighted by Crippen LogP contribution is 2.31. The summed E-state index contributed by atoms with van der Waals surface area (Å²) in [5, 5.41) is 7.30. The van der Waals surface area contributed by atoms with E-state index in [9.17, 15) is 4.39 Å². The van der Waals surface area contributed by atoms with E-state index in [1.807, 2.05) is 37.3 Å². The number of hydrogen-bond donors (Lipinski definition) is 2. The number of imidazole rings is 1. The largest absolute Gasteiger partial charge is 0.348 e. The predicted molar refractivity (Wildman–Crippen MR) is 125 cm³/mol. The molecule has 5 rings (SSSR count). The minimum Gasteiger partial charge on any atom is -0.348 e. The molecule has 1 saturated heterocycles. The highest BCUT2D eigenvalue weighted by molar-refractivity contribution is 6.33. The number of benzene rings is 2. The van der Waals surface area contributed by atoms with Gasteiger partial charge in [-0.1, -0.05) is 41.9 Å². The lowest BCUT2D eigenvalue weighted by Crippen LogP contribution is -2.16. The van der Waals surface area contributed by atoms with Crippen molar-refractivity contribution >= 4 is 28.7 Å². The summed E-state index contributed by atoms with van der Waals surface area (Å²) in [6.45, 7) is 4.65. The van der Waals surface area contributed by atoms with Crippen molar-refractivity contribution in [2.24, 2.45) is 5.92 Å². The Morgan fingerprint density at radius 3 is 2.78 bits per heavy atom. The van der Waals surface area contributed by atoms with Crippen LogP contribution in [0.4, 0.5) is 10.3 Å². The summed E-state index contributed by atoms with van der Waals surface area (Å²) >= 11 is 6.51. The summed E-state index contributed by atoms with van der Waals surface area (Å²) < 4.78 is 16.3. The molecule has 2 N–H and O–H groups in total. The van der Waals surface area contributed by atoms with Crippen LogP contribution in [0.3, 0.4) is 0 Å². The monoisotopic (exact) mass is 450 g/mol. The van der Waals surface area contributed by atoms with E-state index in [4.69, 9.17) is 21.6 Å². The van der Waals surface area contributed by atoms with Crippen molar-refractivity contribution in [1.82, 2.24) is 24.8 Å².